The fraction of sp³-hybridized carbons (Fsp3) is 0.778. The summed E-state index contributed by atoms with van der Waals surface area (Å²) in [7, 11) is 0. The maximum Gasteiger partial charge on any atom is 0.137 e. The smallest absolute Gasteiger partial charge is 0.137 e. The number of ketones is 1. The van der Waals surface area contributed by atoms with Gasteiger partial charge in [-0.05, 0) is 25.7 Å². The van der Waals surface area contributed by atoms with Crippen LogP contribution in [0.25, 0.3) is 0 Å². The van der Waals surface area contributed by atoms with Crippen molar-refractivity contribution in [2.75, 3.05) is 0 Å². The average Bonchev–Trinajstić information content (AvgIpc) is 1.94. The first-order valence-corrected chi connectivity index (χ1v) is 4.22. The van der Waals surface area contributed by atoms with Crippen molar-refractivity contribution >= 4 is 5.78 Å². The van der Waals surface area contributed by atoms with E-state index in [1.165, 1.54) is 0 Å². The lowest BCUT2D eigenvalue weighted by atomic mass is 9.54. The first-order chi connectivity index (χ1) is 5.28. The molecule has 0 unspecified atom stereocenters. The van der Waals surface area contributed by atoms with Crippen LogP contribution in [0.2, 0.25) is 0 Å². The van der Waals surface area contributed by atoms with Crippen molar-refractivity contribution in [3.63, 3.8) is 0 Å². The van der Waals surface area contributed by atoms with Gasteiger partial charge in [0.25, 0.3) is 0 Å². The van der Waals surface area contributed by atoms with Crippen LogP contribution in [0.5, 0.6) is 0 Å². The second-order valence-corrected chi connectivity index (χ2v) is 3.68. The van der Waals surface area contributed by atoms with Crippen LogP contribution < -0.4 is 0 Å². The number of carbonyl (C=O) groups is 1. The maximum absolute atomic E-state index is 11.3. The Kier molecular flexibility index (Phi) is 1.29. The molecular weight excluding hydrogens is 138 g/mol. The van der Waals surface area contributed by atoms with Gasteiger partial charge in [-0.3, -0.25) is 4.79 Å². The lowest BCUT2D eigenvalue weighted by molar-refractivity contribution is -0.135. The van der Waals surface area contributed by atoms with Crippen LogP contribution >= 0.6 is 0 Å². The predicted molar refractivity (Wildman–Crippen MR) is 39.6 cm³/mol. The van der Waals surface area contributed by atoms with Crippen molar-refractivity contribution in [1.82, 2.24) is 0 Å². The molecule has 2 saturated carbocycles. The molecule has 0 aromatic carbocycles. The highest BCUT2D eigenvalue weighted by Gasteiger charge is 2.52. The van der Waals surface area contributed by atoms with Crippen molar-refractivity contribution in [2.45, 2.75) is 32.1 Å². The van der Waals surface area contributed by atoms with E-state index in [4.69, 9.17) is 5.26 Å². The molecule has 2 nitrogen and oxygen atoms in total. The van der Waals surface area contributed by atoms with E-state index in [2.05, 4.69) is 6.07 Å². The van der Waals surface area contributed by atoms with E-state index in [9.17, 15) is 4.79 Å². The average molecular weight is 149 g/mol. The van der Waals surface area contributed by atoms with Gasteiger partial charge >= 0.3 is 0 Å². The number of rotatable bonds is 0. The summed E-state index contributed by atoms with van der Waals surface area (Å²) >= 11 is 0. The second-order valence-electron chi connectivity index (χ2n) is 3.68. The van der Waals surface area contributed by atoms with E-state index >= 15 is 0 Å². The summed E-state index contributed by atoms with van der Waals surface area (Å²) in [6.45, 7) is 0. The normalized spacial score (nSPS) is 42.1. The van der Waals surface area contributed by atoms with E-state index in [-0.39, 0.29) is 11.3 Å². The van der Waals surface area contributed by atoms with Crippen LogP contribution in [0.15, 0.2) is 0 Å². The van der Waals surface area contributed by atoms with Gasteiger partial charge in [0, 0.05) is 12.3 Å². The molecule has 0 spiro atoms. The topological polar surface area (TPSA) is 40.9 Å². The summed E-state index contributed by atoms with van der Waals surface area (Å²) in [5, 5.41) is 8.89. The standard InChI is InChI=1S/C9H11NO/c10-6-9-4-1-2-8(11)7(9)3-5-9/h7H,1-5H2/t7-,9-/m1/s1. The third-order valence-electron chi connectivity index (χ3n) is 3.20. The largest absolute Gasteiger partial charge is 0.299 e. The number of nitriles is 1. The van der Waals surface area contributed by atoms with E-state index in [0.29, 0.717) is 12.2 Å². The fourth-order valence-corrected chi connectivity index (χ4v) is 2.35. The Morgan fingerprint density at radius 1 is 1.55 bits per heavy atom. The molecule has 0 aromatic rings. The number of fused-ring (bicyclic) bond motifs is 1. The van der Waals surface area contributed by atoms with E-state index in [1.54, 1.807) is 0 Å². The Labute approximate surface area is 66.2 Å². The molecule has 2 atom stereocenters. The molecule has 2 rings (SSSR count). The highest BCUT2D eigenvalue weighted by Crippen LogP contribution is 2.53. The van der Waals surface area contributed by atoms with Gasteiger partial charge in [0.05, 0.1) is 11.5 Å². The van der Waals surface area contributed by atoms with Crippen LogP contribution in [0.1, 0.15) is 32.1 Å². The SMILES string of the molecule is N#C[C@]12CCCC(=O)[C@H]1CC2. The minimum absolute atomic E-state index is 0.112. The quantitative estimate of drug-likeness (QED) is 0.525. The number of hydrogen-bond acceptors (Lipinski definition) is 2. The van der Waals surface area contributed by atoms with Gasteiger partial charge in [0.1, 0.15) is 5.78 Å². The molecule has 0 N–H and O–H groups in total. The van der Waals surface area contributed by atoms with Gasteiger partial charge in [-0.25, -0.2) is 0 Å². The van der Waals surface area contributed by atoms with Crippen molar-refractivity contribution in [1.29, 1.82) is 5.26 Å². The molecule has 2 fully saturated rings. The second kappa shape index (κ2) is 2.07. The van der Waals surface area contributed by atoms with Gasteiger partial charge in [0.2, 0.25) is 0 Å². The Hall–Kier alpha value is -0.840. The molecule has 2 aliphatic carbocycles. The summed E-state index contributed by atoms with van der Waals surface area (Å²) < 4.78 is 0. The Morgan fingerprint density at radius 3 is 2.82 bits per heavy atom. The molecule has 0 heterocycles. The molecule has 0 aliphatic heterocycles. The van der Waals surface area contributed by atoms with Gasteiger partial charge in [-0.2, -0.15) is 5.26 Å². The van der Waals surface area contributed by atoms with E-state index < -0.39 is 0 Å². The Morgan fingerprint density at radius 2 is 2.36 bits per heavy atom. The van der Waals surface area contributed by atoms with Crippen LogP contribution in [0.3, 0.4) is 0 Å². The summed E-state index contributed by atoms with van der Waals surface area (Å²) in [4.78, 5) is 11.3. The van der Waals surface area contributed by atoms with Crippen LogP contribution in [-0.4, -0.2) is 5.78 Å². The Bertz CT molecular complexity index is 240. The summed E-state index contributed by atoms with van der Waals surface area (Å²) in [6.07, 6.45) is 4.53. The lowest BCUT2D eigenvalue weighted by Gasteiger charge is -2.46. The fourth-order valence-electron chi connectivity index (χ4n) is 2.35. The minimum atomic E-state index is -0.213. The third-order valence-corrected chi connectivity index (χ3v) is 3.20. The first kappa shape index (κ1) is 6.84. The Balaban J connectivity index is 2.24. The predicted octanol–water partition coefficient (Wildman–Crippen LogP) is 1.66. The van der Waals surface area contributed by atoms with Gasteiger partial charge < -0.3 is 0 Å². The molecule has 0 radical (unpaired) electrons. The molecule has 0 saturated heterocycles. The number of nitrogens with zero attached hydrogens (tertiary/aromatic N) is 1. The van der Waals surface area contributed by atoms with Gasteiger partial charge in [-0.15, -0.1) is 0 Å². The lowest BCUT2D eigenvalue weighted by Crippen LogP contribution is -2.46. The van der Waals surface area contributed by atoms with Crippen molar-refractivity contribution in [3.05, 3.63) is 0 Å². The van der Waals surface area contributed by atoms with Crippen LogP contribution in [0.4, 0.5) is 0 Å². The monoisotopic (exact) mass is 149 g/mol. The molecule has 0 bridgehead atoms. The van der Waals surface area contributed by atoms with Gasteiger partial charge in [-0.1, -0.05) is 0 Å². The van der Waals surface area contributed by atoms with Gasteiger partial charge in [0.15, 0.2) is 0 Å². The molecule has 2 heteroatoms. The maximum atomic E-state index is 11.3. The zero-order valence-corrected chi connectivity index (χ0v) is 6.47. The molecule has 58 valence electrons. The van der Waals surface area contributed by atoms with Crippen LogP contribution in [0, 0.1) is 22.7 Å². The van der Waals surface area contributed by atoms with Crippen molar-refractivity contribution in [2.24, 2.45) is 11.3 Å². The highest BCUT2D eigenvalue weighted by atomic mass is 16.1. The number of carbonyl (C=O) groups excluding carboxylic acids is 1. The summed E-state index contributed by atoms with van der Waals surface area (Å²) in [5.41, 5.74) is -0.213. The summed E-state index contributed by atoms with van der Waals surface area (Å²) in [6, 6.07) is 2.33. The highest BCUT2D eigenvalue weighted by molar-refractivity contribution is 5.84. The van der Waals surface area contributed by atoms with Crippen molar-refractivity contribution in [3.8, 4) is 6.07 Å². The first-order valence-electron chi connectivity index (χ1n) is 4.22. The number of hydrogen-bond donors (Lipinski definition) is 0. The van der Waals surface area contributed by atoms with E-state index in [1.807, 2.05) is 0 Å². The van der Waals surface area contributed by atoms with E-state index in [0.717, 1.165) is 25.7 Å². The molecule has 11 heavy (non-hydrogen) atoms. The zero-order valence-electron chi connectivity index (χ0n) is 6.47. The number of Topliss-reactive ketones (excluding diaryl/α,β-unsaturated/α-hetero) is 1. The minimum Gasteiger partial charge on any atom is -0.299 e. The summed E-state index contributed by atoms with van der Waals surface area (Å²) in [5.74, 6) is 0.449. The van der Waals surface area contributed by atoms with Crippen LogP contribution in [-0.2, 0) is 4.79 Å². The molecule has 2 aliphatic rings. The molecular formula is C9H11NO. The third kappa shape index (κ3) is 0.742. The van der Waals surface area contributed by atoms with Crippen molar-refractivity contribution < 1.29 is 4.79 Å². The molecule has 0 aromatic heterocycles. The zero-order chi connectivity index (χ0) is 7.90. The molecule has 0 amide bonds.